The molecule has 3 aromatic rings. The number of anilines is 1. The zero-order valence-corrected chi connectivity index (χ0v) is 18.3. The van der Waals surface area contributed by atoms with Gasteiger partial charge >= 0.3 is 0 Å². The molecule has 33 heavy (non-hydrogen) atoms. The number of halogens is 1. The van der Waals surface area contributed by atoms with Crippen molar-refractivity contribution in [1.29, 1.82) is 0 Å². The van der Waals surface area contributed by atoms with Gasteiger partial charge in [0.15, 0.2) is 0 Å². The molecule has 0 saturated carbocycles. The first-order valence-electron chi connectivity index (χ1n) is 10.1. The minimum atomic E-state index is -1.16. The van der Waals surface area contributed by atoms with Gasteiger partial charge in [0.1, 0.15) is 17.7 Å². The van der Waals surface area contributed by atoms with Crippen LogP contribution >= 0.6 is 11.6 Å². The lowest BCUT2D eigenvalue weighted by molar-refractivity contribution is -0.384. The van der Waals surface area contributed by atoms with Crippen LogP contribution in [0.4, 0.5) is 11.4 Å². The van der Waals surface area contributed by atoms with E-state index >= 15 is 0 Å². The molecule has 1 atom stereocenters. The predicted octanol–water partition coefficient (Wildman–Crippen LogP) is 3.97. The van der Waals surface area contributed by atoms with Crippen molar-refractivity contribution in [2.75, 3.05) is 17.3 Å². The average molecular weight is 468 g/mol. The molecule has 0 saturated heterocycles. The second kappa shape index (κ2) is 11.1. The molecule has 170 valence electrons. The highest BCUT2D eigenvalue weighted by molar-refractivity contribution is 6.29. The molecular weight excluding hydrogens is 446 g/mol. The Morgan fingerprint density at radius 2 is 1.73 bits per heavy atom. The molecule has 0 spiro atoms. The number of benzene rings is 3. The Morgan fingerprint density at radius 3 is 2.33 bits per heavy atom. The van der Waals surface area contributed by atoms with Crippen molar-refractivity contribution in [3.8, 4) is 5.75 Å². The van der Waals surface area contributed by atoms with Gasteiger partial charge in [0.25, 0.3) is 5.69 Å². The molecule has 3 aromatic carbocycles. The van der Waals surface area contributed by atoms with Crippen LogP contribution in [0.3, 0.4) is 0 Å². The van der Waals surface area contributed by atoms with Gasteiger partial charge in [0, 0.05) is 30.4 Å². The van der Waals surface area contributed by atoms with E-state index in [0.29, 0.717) is 18.5 Å². The van der Waals surface area contributed by atoms with Crippen molar-refractivity contribution in [2.24, 2.45) is 0 Å². The Kier molecular flexibility index (Phi) is 7.99. The molecule has 0 heterocycles. The summed E-state index contributed by atoms with van der Waals surface area (Å²) in [4.78, 5) is 37.9. The third-order valence-corrected chi connectivity index (χ3v) is 5.20. The Labute approximate surface area is 195 Å². The Balaban J connectivity index is 1.96. The first kappa shape index (κ1) is 23.7. The van der Waals surface area contributed by atoms with Gasteiger partial charge in [-0.15, -0.1) is 11.6 Å². The van der Waals surface area contributed by atoms with E-state index in [-0.39, 0.29) is 17.1 Å². The number of nitrogens with one attached hydrogen (secondary N) is 1. The quantitative estimate of drug-likeness (QED) is 0.281. The van der Waals surface area contributed by atoms with Crippen molar-refractivity contribution < 1.29 is 19.6 Å². The van der Waals surface area contributed by atoms with Crippen LogP contribution in [0, 0.1) is 10.1 Å². The summed E-state index contributed by atoms with van der Waals surface area (Å²) in [5.74, 6) is -1.55. The standard InChI is InChI=1S/C24H22ClN3O5/c25-16-22(30)27(20-7-4-8-21(29)15-20)23(18-9-11-19(12-10-18)28(32)33)24(31)26-14-13-17-5-2-1-3-6-17/h1-12,15,23,29H,13-14,16H2,(H,26,31). The fourth-order valence-electron chi connectivity index (χ4n) is 3.41. The molecule has 0 fully saturated rings. The van der Waals surface area contributed by atoms with Crippen molar-refractivity contribution in [2.45, 2.75) is 12.5 Å². The van der Waals surface area contributed by atoms with Gasteiger partial charge in [-0.1, -0.05) is 36.4 Å². The molecule has 0 aliphatic heterocycles. The number of hydrogen-bond acceptors (Lipinski definition) is 5. The number of phenolic OH excluding ortho intramolecular Hbond substituents is 1. The summed E-state index contributed by atoms with van der Waals surface area (Å²) in [5, 5.41) is 23.8. The van der Waals surface area contributed by atoms with Gasteiger partial charge in [0.05, 0.1) is 4.92 Å². The minimum absolute atomic E-state index is 0.0909. The number of carbonyl (C=O) groups excluding carboxylic acids is 2. The summed E-state index contributed by atoms with van der Waals surface area (Å²) in [7, 11) is 0. The zero-order chi connectivity index (χ0) is 23.8. The highest BCUT2D eigenvalue weighted by Gasteiger charge is 2.32. The summed E-state index contributed by atoms with van der Waals surface area (Å²) < 4.78 is 0. The van der Waals surface area contributed by atoms with E-state index in [1.54, 1.807) is 12.1 Å². The van der Waals surface area contributed by atoms with E-state index in [0.717, 1.165) is 5.56 Å². The van der Waals surface area contributed by atoms with Crippen LogP contribution in [0.5, 0.6) is 5.75 Å². The predicted molar refractivity (Wildman–Crippen MR) is 125 cm³/mol. The normalized spacial score (nSPS) is 11.4. The number of phenols is 1. The second-order valence-electron chi connectivity index (χ2n) is 7.20. The molecule has 3 rings (SSSR count). The van der Waals surface area contributed by atoms with E-state index < -0.39 is 28.7 Å². The molecule has 0 bridgehead atoms. The maximum atomic E-state index is 13.3. The number of nitro groups is 1. The topological polar surface area (TPSA) is 113 Å². The molecule has 2 amide bonds. The SMILES string of the molecule is O=C(NCCc1ccccc1)C(c1ccc([N+](=O)[O-])cc1)N(C(=O)CCl)c1cccc(O)c1. The number of rotatable bonds is 9. The van der Waals surface area contributed by atoms with Gasteiger partial charge in [-0.2, -0.15) is 0 Å². The van der Waals surface area contributed by atoms with Crippen LogP contribution in [0.1, 0.15) is 17.2 Å². The first-order chi connectivity index (χ1) is 15.9. The van der Waals surface area contributed by atoms with E-state index in [4.69, 9.17) is 11.6 Å². The van der Waals surface area contributed by atoms with Gasteiger partial charge in [-0.3, -0.25) is 24.6 Å². The maximum Gasteiger partial charge on any atom is 0.269 e. The molecule has 0 aliphatic rings. The number of amides is 2. The van der Waals surface area contributed by atoms with Crippen LogP contribution in [-0.2, 0) is 16.0 Å². The zero-order valence-electron chi connectivity index (χ0n) is 17.6. The number of nitro benzene ring substituents is 1. The first-order valence-corrected chi connectivity index (χ1v) is 10.7. The van der Waals surface area contributed by atoms with E-state index in [2.05, 4.69) is 5.32 Å². The summed E-state index contributed by atoms with van der Waals surface area (Å²) in [5.41, 5.74) is 1.52. The fourth-order valence-corrected chi connectivity index (χ4v) is 3.54. The fraction of sp³-hybridized carbons (Fsp3) is 0.167. The third kappa shape index (κ3) is 6.08. The lowest BCUT2D eigenvalue weighted by Gasteiger charge is -2.31. The molecule has 8 nitrogen and oxygen atoms in total. The van der Waals surface area contributed by atoms with Gasteiger partial charge in [-0.25, -0.2) is 0 Å². The summed E-state index contributed by atoms with van der Waals surface area (Å²) >= 11 is 5.85. The van der Waals surface area contributed by atoms with Crippen LogP contribution in [0.15, 0.2) is 78.9 Å². The molecule has 0 aliphatic carbocycles. The number of alkyl halides is 1. The molecular formula is C24H22ClN3O5. The summed E-state index contributed by atoms with van der Waals surface area (Å²) in [6.45, 7) is 0.315. The average Bonchev–Trinajstić information content (AvgIpc) is 2.82. The van der Waals surface area contributed by atoms with Crippen LogP contribution in [-0.4, -0.2) is 34.3 Å². The van der Waals surface area contributed by atoms with Crippen LogP contribution in [0.25, 0.3) is 0 Å². The van der Waals surface area contributed by atoms with Gasteiger partial charge in [-0.05, 0) is 41.8 Å². The number of carbonyl (C=O) groups is 2. The number of nitrogens with zero attached hydrogens (tertiary/aromatic N) is 2. The van der Waals surface area contributed by atoms with Crippen LogP contribution < -0.4 is 10.2 Å². The highest BCUT2D eigenvalue weighted by atomic mass is 35.5. The largest absolute Gasteiger partial charge is 0.508 e. The molecule has 1 unspecified atom stereocenters. The summed E-state index contributed by atoms with van der Waals surface area (Å²) in [6.07, 6.45) is 0.579. The smallest absolute Gasteiger partial charge is 0.269 e. The van der Waals surface area contributed by atoms with E-state index in [1.165, 1.54) is 41.3 Å². The highest BCUT2D eigenvalue weighted by Crippen LogP contribution is 2.31. The number of non-ortho nitro benzene ring substituents is 1. The summed E-state index contributed by atoms with van der Waals surface area (Å²) in [6, 6.07) is 19.7. The molecule has 0 radical (unpaired) electrons. The Bertz CT molecular complexity index is 1120. The van der Waals surface area contributed by atoms with Crippen molar-refractivity contribution in [1.82, 2.24) is 5.32 Å². The monoisotopic (exact) mass is 467 g/mol. The number of hydrogen-bond donors (Lipinski definition) is 2. The molecule has 2 N–H and O–H groups in total. The molecule has 0 aromatic heterocycles. The van der Waals surface area contributed by atoms with Gasteiger partial charge in [0.2, 0.25) is 11.8 Å². The minimum Gasteiger partial charge on any atom is -0.508 e. The van der Waals surface area contributed by atoms with Crippen molar-refractivity contribution in [3.63, 3.8) is 0 Å². The van der Waals surface area contributed by atoms with Crippen LogP contribution in [0.2, 0.25) is 0 Å². The Morgan fingerprint density at radius 1 is 1.03 bits per heavy atom. The van der Waals surface area contributed by atoms with E-state index in [9.17, 15) is 24.8 Å². The molecule has 9 heteroatoms. The second-order valence-corrected chi connectivity index (χ2v) is 7.46. The van der Waals surface area contributed by atoms with Crippen molar-refractivity contribution >= 4 is 34.8 Å². The lowest BCUT2D eigenvalue weighted by Crippen LogP contribution is -2.45. The van der Waals surface area contributed by atoms with Gasteiger partial charge < -0.3 is 10.4 Å². The van der Waals surface area contributed by atoms with Crippen molar-refractivity contribution in [3.05, 3.63) is 100 Å². The lowest BCUT2D eigenvalue weighted by atomic mass is 10.0. The maximum absolute atomic E-state index is 13.3. The van der Waals surface area contributed by atoms with E-state index in [1.807, 2.05) is 30.3 Å². The number of aromatic hydroxyl groups is 1. The Hall–Kier alpha value is -3.91. The third-order valence-electron chi connectivity index (χ3n) is 4.97.